The zero-order valence-corrected chi connectivity index (χ0v) is 8.13. The van der Waals surface area contributed by atoms with Crippen LogP contribution in [0.25, 0.3) is 10.9 Å². The Hall–Kier alpha value is -1.36. The van der Waals surface area contributed by atoms with Gasteiger partial charge >= 0.3 is 0 Å². The molecule has 1 heterocycles. The van der Waals surface area contributed by atoms with Gasteiger partial charge in [-0.15, -0.1) is 0 Å². The van der Waals surface area contributed by atoms with Crippen LogP contribution in [-0.4, -0.2) is 16.1 Å². The quantitative estimate of drug-likeness (QED) is 0.791. The number of hydrogen-bond acceptors (Lipinski definition) is 2. The van der Waals surface area contributed by atoms with Crippen LogP contribution in [0.5, 0.6) is 0 Å². The number of nitrogens with one attached hydrogen (secondary N) is 1. The number of nitrogens with zero attached hydrogens (tertiary/aromatic N) is 1. The molecule has 0 saturated carbocycles. The number of halogens is 1. The molecule has 0 aliphatic rings. The highest BCUT2D eigenvalue weighted by Gasteiger charge is 2.06. The molecule has 5 heteroatoms. The summed E-state index contributed by atoms with van der Waals surface area (Å²) in [5.74, 6) is -0.441. The lowest BCUT2D eigenvalue weighted by molar-refractivity contribution is 0.100. The van der Waals surface area contributed by atoms with Crippen molar-refractivity contribution in [2.24, 2.45) is 5.73 Å². The van der Waals surface area contributed by atoms with Crippen molar-refractivity contribution in [2.45, 2.75) is 0 Å². The fourth-order valence-corrected chi connectivity index (χ4v) is 1.72. The molecule has 0 fully saturated rings. The van der Waals surface area contributed by atoms with Gasteiger partial charge < -0.3 is 5.73 Å². The predicted molar refractivity (Wildman–Crippen MR) is 52.3 cm³/mol. The van der Waals surface area contributed by atoms with E-state index in [9.17, 15) is 4.79 Å². The summed E-state index contributed by atoms with van der Waals surface area (Å²) in [5.41, 5.74) is 6.49. The third-order valence-corrected chi connectivity index (χ3v) is 2.41. The van der Waals surface area contributed by atoms with Gasteiger partial charge in [-0.3, -0.25) is 9.89 Å². The molecule has 2 rings (SSSR count). The van der Waals surface area contributed by atoms with E-state index < -0.39 is 5.91 Å². The maximum absolute atomic E-state index is 10.9. The SMILES string of the molecule is NC(=O)c1cc(Br)c2[nH]ncc2c1. The van der Waals surface area contributed by atoms with E-state index in [0.29, 0.717) is 5.56 Å². The van der Waals surface area contributed by atoms with Gasteiger partial charge in [-0.1, -0.05) is 0 Å². The first-order valence-electron chi connectivity index (χ1n) is 3.61. The molecule has 0 unspecified atom stereocenters. The van der Waals surface area contributed by atoms with Gasteiger partial charge in [0.25, 0.3) is 0 Å². The molecule has 3 N–H and O–H groups in total. The maximum atomic E-state index is 10.9. The first-order valence-corrected chi connectivity index (χ1v) is 4.40. The van der Waals surface area contributed by atoms with Crippen LogP contribution in [0.1, 0.15) is 10.4 Å². The number of carbonyl (C=O) groups excluding carboxylic acids is 1. The van der Waals surface area contributed by atoms with E-state index in [1.807, 2.05) is 0 Å². The number of carbonyl (C=O) groups is 1. The molecule has 1 amide bonds. The van der Waals surface area contributed by atoms with E-state index in [-0.39, 0.29) is 0 Å². The number of primary amides is 1. The molecule has 0 atom stereocenters. The third kappa shape index (κ3) is 1.31. The second-order valence-corrected chi connectivity index (χ2v) is 3.51. The molecule has 1 aromatic carbocycles. The van der Waals surface area contributed by atoms with Crippen molar-refractivity contribution in [2.75, 3.05) is 0 Å². The average molecular weight is 240 g/mol. The Morgan fingerprint density at radius 2 is 2.31 bits per heavy atom. The third-order valence-electron chi connectivity index (χ3n) is 1.79. The fourth-order valence-electron chi connectivity index (χ4n) is 1.16. The van der Waals surface area contributed by atoms with Crippen molar-refractivity contribution in [3.63, 3.8) is 0 Å². The molecule has 0 saturated heterocycles. The monoisotopic (exact) mass is 239 g/mol. The molecule has 0 aliphatic heterocycles. The Morgan fingerprint density at radius 3 is 3.00 bits per heavy atom. The van der Waals surface area contributed by atoms with Gasteiger partial charge in [-0.2, -0.15) is 5.10 Å². The number of fused-ring (bicyclic) bond motifs is 1. The molecule has 1 aromatic heterocycles. The molecular formula is C8H6BrN3O. The van der Waals surface area contributed by atoms with E-state index in [1.165, 1.54) is 0 Å². The van der Waals surface area contributed by atoms with E-state index in [0.717, 1.165) is 15.4 Å². The van der Waals surface area contributed by atoms with Crippen LogP contribution < -0.4 is 5.73 Å². The molecule has 0 aliphatic carbocycles. The summed E-state index contributed by atoms with van der Waals surface area (Å²) >= 11 is 3.32. The minimum Gasteiger partial charge on any atom is -0.366 e. The smallest absolute Gasteiger partial charge is 0.248 e. The molecule has 0 bridgehead atoms. The summed E-state index contributed by atoms with van der Waals surface area (Å²) in [6.07, 6.45) is 1.65. The Kier molecular flexibility index (Phi) is 1.81. The molecule has 4 nitrogen and oxygen atoms in total. The molecule has 2 aromatic rings. The molecular weight excluding hydrogens is 234 g/mol. The first kappa shape index (κ1) is 8.25. The second kappa shape index (κ2) is 2.85. The molecule has 13 heavy (non-hydrogen) atoms. The minimum absolute atomic E-state index is 0.441. The predicted octanol–water partition coefficient (Wildman–Crippen LogP) is 1.42. The number of hydrogen-bond donors (Lipinski definition) is 2. The maximum Gasteiger partial charge on any atom is 0.248 e. The summed E-state index contributed by atoms with van der Waals surface area (Å²) in [5, 5.41) is 7.52. The van der Waals surface area contributed by atoms with Crippen molar-refractivity contribution in [1.29, 1.82) is 0 Å². The zero-order chi connectivity index (χ0) is 9.42. The second-order valence-electron chi connectivity index (χ2n) is 2.66. The van der Waals surface area contributed by atoms with Crippen molar-refractivity contribution < 1.29 is 4.79 Å². The van der Waals surface area contributed by atoms with Crippen LogP contribution >= 0.6 is 15.9 Å². The number of amides is 1. The Labute approximate surface area is 82.2 Å². The van der Waals surface area contributed by atoms with Crippen LogP contribution in [0.3, 0.4) is 0 Å². The highest BCUT2D eigenvalue weighted by Crippen LogP contribution is 2.23. The molecule has 0 spiro atoms. The number of aromatic nitrogens is 2. The van der Waals surface area contributed by atoms with Crippen LogP contribution in [-0.2, 0) is 0 Å². The summed E-state index contributed by atoms with van der Waals surface area (Å²) < 4.78 is 0.788. The lowest BCUT2D eigenvalue weighted by Gasteiger charge is -1.97. The van der Waals surface area contributed by atoms with Gasteiger partial charge in [0.1, 0.15) is 0 Å². The summed E-state index contributed by atoms with van der Waals surface area (Å²) in [6, 6.07) is 3.37. The number of benzene rings is 1. The topological polar surface area (TPSA) is 71.8 Å². The highest BCUT2D eigenvalue weighted by atomic mass is 79.9. The van der Waals surface area contributed by atoms with Crippen molar-refractivity contribution in [3.8, 4) is 0 Å². The van der Waals surface area contributed by atoms with Crippen LogP contribution in [0.15, 0.2) is 22.8 Å². The standard InChI is InChI=1S/C8H6BrN3O/c9-6-2-4(8(10)13)1-5-3-11-12-7(5)6/h1-3H,(H2,10,13)(H,11,12). The summed E-state index contributed by atoms with van der Waals surface area (Å²) in [7, 11) is 0. The Bertz CT molecular complexity index is 477. The first-order chi connectivity index (χ1) is 6.18. The Balaban J connectivity index is 2.77. The van der Waals surface area contributed by atoms with Crippen molar-refractivity contribution >= 4 is 32.7 Å². The van der Waals surface area contributed by atoms with Gasteiger partial charge in [0.15, 0.2) is 0 Å². The minimum atomic E-state index is -0.441. The zero-order valence-electron chi connectivity index (χ0n) is 6.54. The van der Waals surface area contributed by atoms with Gasteiger partial charge in [0.05, 0.1) is 11.7 Å². The normalized spacial score (nSPS) is 10.5. The number of rotatable bonds is 1. The fraction of sp³-hybridized carbons (Fsp3) is 0. The van der Waals surface area contributed by atoms with E-state index in [1.54, 1.807) is 18.3 Å². The lowest BCUT2D eigenvalue weighted by Crippen LogP contribution is -2.10. The largest absolute Gasteiger partial charge is 0.366 e. The van der Waals surface area contributed by atoms with Gasteiger partial charge in [-0.05, 0) is 28.1 Å². The van der Waals surface area contributed by atoms with Gasteiger partial charge in [0.2, 0.25) is 5.91 Å². The molecule has 0 radical (unpaired) electrons. The number of nitrogens with two attached hydrogens (primary N) is 1. The van der Waals surface area contributed by atoms with Gasteiger partial charge in [0, 0.05) is 15.4 Å². The van der Waals surface area contributed by atoms with E-state index in [2.05, 4.69) is 26.1 Å². The average Bonchev–Trinajstić information content (AvgIpc) is 2.51. The van der Waals surface area contributed by atoms with E-state index >= 15 is 0 Å². The van der Waals surface area contributed by atoms with Crippen LogP contribution in [0, 0.1) is 0 Å². The summed E-state index contributed by atoms with van der Waals surface area (Å²) in [4.78, 5) is 10.9. The van der Waals surface area contributed by atoms with E-state index in [4.69, 9.17) is 5.73 Å². The Morgan fingerprint density at radius 1 is 1.54 bits per heavy atom. The number of H-pyrrole nitrogens is 1. The van der Waals surface area contributed by atoms with Crippen molar-refractivity contribution in [3.05, 3.63) is 28.4 Å². The van der Waals surface area contributed by atoms with Crippen LogP contribution in [0.2, 0.25) is 0 Å². The number of aromatic amines is 1. The highest BCUT2D eigenvalue weighted by molar-refractivity contribution is 9.10. The molecule has 66 valence electrons. The lowest BCUT2D eigenvalue weighted by atomic mass is 10.1. The van der Waals surface area contributed by atoms with Crippen LogP contribution in [0.4, 0.5) is 0 Å². The van der Waals surface area contributed by atoms with Gasteiger partial charge in [-0.25, -0.2) is 0 Å². The summed E-state index contributed by atoms with van der Waals surface area (Å²) in [6.45, 7) is 0. The van der Waals surface area contributed by atoms with Crippen molar-refractivity contribution in [1.82, 2.24) is 10.2 Å².